The third-order valence-electron chi connectivity index (χ3n) is 3.85. The molecule has 0 spiro atoms. The molecule has 0 amide bonds. The van der Waals surface area contributed by atoms with E-state index in [0.29, 0.717) is 12.8 Å². The first-order chi connectivity index (χ1) is 10.4. The van der Waals surface area contributed by atoms with Crippen molar-refractivity contribution in [1.29, 1.82) is 0 Å². The monoisotopic (exact) mass is 330 g/mol. The molecule has 2 N–H and O–H groups in total. The Morgan fingerprint density at radius 1 is 1.36 bits per heavy atom. The molecule has 8 heteroatoms. The number of benzene rings is 1. The largest absolute Gasteiger partial charge is 0.469 e. The maximum Gasteiger partial charge on any atom is 0.308 e. The third-order valence-corrected chi connectivity index (χ3v) is 5.26. The Bertz CT molecular complexity index is 663. The number of methoxy groups -OCH3 is 1. The highest BCUT2D eigenvalue weighted by Crippen LogP contribution is 2.30. The molecule has 1 aromatic rings. The zero-order chi connectivity index (χ0) is 16.3. The van der Waals surface area contributed by atoms with E-state index >= 15 is 0 Å². The maximum absolute atomic E-state index is 14.0. The summed E-state index contributed by atoms with van der Waals surface area (Å²) in [6.45, 7) is 0. The number of carbonyl (C=O) groups is 1. The number of rotatable bonds is 5. The normalized spacial score (nSPS) is 21.6. The second kappa shape index (κ2) is 6.62. The average molecular weight is 330 g/mol. The molecule has 0 aromatic heterocycles. The van der Waals surface area contributed by atoms with Crippen LogP contribution in [0.2, 0.25) is 0 Å². The lowest BCUT2D eigenvalue weighted by Gasteiger charge is -2.15. The van der Waals surface area contributed by atoms with Crippen LogP contribution < -0.4 is 10.0 Å². The lowest BCUT2D eigenvalue weighted by molar-refractivity contribution is -0.145. The van der Waals surface area contributed by atoms with Gasteiger partial charge in [0.2, 0.25) is 10.0 Å². The molecule has 1 aromatic carbocycles. The number of sulfonamides is 1. The fourth-order valence-electron chi connectivity index (χ4n) is 2.61. The molecule has 0 saturated heterocycles. The van der Waals surface area contributed by atoms with Crippen molar-refractivity contribution in [3.63, 3.8) is 0 Å². The summed E-state index contributed by atoms with van der Waals surface area (Å²) >= 11 is 0. The van der Waals surface area contributed by atoms with Crippen LogP contribution in [0.1, 0.15) is 19.3 Å². The lowest BCUT2D eigenvalue weighted by atomic mass is 10.1. The second-order valence-electron chi connectivity index (χ2n) is 5.22. The van der Waals surface area contributed by atoms with Crippen molar-refractivity contribution < 1.29 is 22.3 Å². The molecule has 6 nitrogen and oxygen atoms in total. The summed E-state index contributed by atoms with van der Waals surface area (Å²) in [7, 11) is -1.05. The highest BCUT2D eigenvalue weighted by Gasteiger charge is 2.31. The second-order valence-corrected chi connectivity index (χ2v) is 7.11. The van der Waals surface area contributed by atoms with Crippen LogP contribution in [-0.4, -0.2) is 34.6 Å². The molecule has 2 rings (SSSR count). The van der Waals surface area contributed by atoms with E-state index in [4.69, 9.17) is 4.74 Å². The topological polar surface area (TPSA) is 84.5 Å². The van der Waals surface area contributed by atoms with Crippen LogP contribution in [0.15, 0.2) is 23.1 Å². The summed E-state index contributed by atoms with van der Waals surface area (Å²) in [5, 5.41) is 3.02. The number of esters is 1. The summed E-state index contributed by atoms with van der Waals surface area (Å²) in [5.41, 5.74) is 0.227. The fraction of sp³-hybridized carbons (Fsp3) is 0.500. The first-order valence-electron chi connectivity index (χ1n) is 6.95. The Kier molecular flexibility index (Phi) is 5.02. The van der Waals surface area contributed by atoms with E-state index in [1.165, 1.54) is 26.3 Å². The molecule has 2 atom stereocenters. The summed E-state index contributed by atoms with van der Waals surface area (Å²) < 4.78 is 44.1. The van der Waals surface area contributed by atoms with E-state index in [1.807, 2.05) is 0 Å². The molecule has 1 aliphatic carbocycles. The molecule has 1 fully saturated rings. The van der Waals surface area contributed by atoms with Gasteiger partial charge in [-0.2, -0.15) is 0 Å². The molecule has 0 heterocycles. The predicted octanol–water partition coefficient (Wildman–Crippen LogP) is 1.49. The number of hydrogen-bond acceptors (Lipinski definition) is 5. The number of ether oxygens (including phenoxy) is 1. The SMILES string of the molecule is CNS(=O)(=O)c1ccc(N[C@@H]2CC[C@H](C(=O)OC)C2)c(F)c1. The van der Waals surface area contributed by atoms with Gasteiger partial charge in [-0.25, -0.2) is 17.5 Å². The van der Waals surface area contributed by atoms with Crippen LogP contribution in [0.4, 0.5) is 10.1 Å². The molecular weight excluding hydrogens is 311 g/mol. The summed E-state index contributed by atoms with van der Waals surface area (Å²) in [6.07, 6.45) is 2.00. The Morgan fingerprint density at radius 2 is 2.09 bits per heavy atom. The molecule has 22 heavy (non-hydrogen) atoms. The molecule has 0 radical (unpaired) electrons. The van der Waals surface area contributed by atoms with Gasteiger partial charge in [0, 0.05) is 6.04 Å². The smallest absolute Gasteiger partial charge is 0.308 e. The van der Waals surface area contributed by atoms with Gasteiger partial charge >= 0.3 is 5.97 Å². The van der Waals surface area contributed by atoms with Crippen molar-refractivity contribution in [3.05, 3.63) is 24.0 Å². The number of anilines is 1. The van der Waals surface area contributed by atoms with Crippen LogP contribution in [0.5, 0.6) is 0 Å². The first-order valence-corrected chi connectivity index (χ1v) is 8.43. The Balaban J connectivity index is 2.07. The molecule has 0 unspecified atom stereocenters. The van der Waals surface area contributed by atoms with Gasteiger partial charge < -0.3 is 10.1 Å². The third kappa shape index (κ3) is 3.56. The average Bonchev–Trinajstić information content (AvgIpc) is 2.97. The standard InChI is InChI=1S/C14H19FN2O4S/c1-16-22(19,20)11-5-6-13(12(15)8-11)17-10-4-3-9(7-10)14(18)21-2/h5-6,8-10,16-17H,3-4,7H2,1-2H3/t9-,10+/m0/s1. The number of halogens is 1. The minimum absolute atomic E-state index is 0.0367. The van der Waals surface area contributed by atoms with E-state index in [2.05, 4.69) is 10.0 Å². The van der Waals surface area contributed by atoms with E-state index in [-0.39, 0.29) is 28.5 Å². The maximum atomic E-state index is 14.0. The number of carbonyl (C=O) groups excluding carboxylic acids is 1. The van der Waals surface area contributed by atoms with E-state index in [9.17, 15) is 17.6 Å². The quantitative estimate of drug-likeness (QED) is 0.799. The summed E-state index contributed by atoms with van der Waals surface area (Å²) in [4.78, 5) is 11.3. The zero-order valence-corrected chi connectivity index (χ0v) is 13.2. The molecule has 122 valence electrons. The minimum Gasteiger partial charge on any atom is -0.469 e. The van der Waals surface area contributed by atoms with Crippen molar-refractivity contribution in [2.45, 2.75) is 30.2 Å². The van der Waals surface area contributed by atoms with E-state index in [0.717, 1.165) is 12.5 Å². The van der Waals surface area contributed by atoms with Gasteiger partial charge in [-0.05, 0) is 44.5 Å². The first kappa shape index (κ1) is 16.7. The lowest BCUT2D eigenvalue weighted by Crippen LogP contribution is -2.20. The molecule has 1 saturated carbocycles. The van der Waals surface area contributed by atoms with Crippen LogP contribution in [-0.2, 0) is 19.6 Å². The summed E-state index contributed by atoms with van der Waals surface area (Å²) in [6, 6.07) is 3.67. The molecule has 1 aliphatic rings. The Morgan fingerprint density at radius 3 is 2.68 bits per heavy atom. The highest BCUT2D eigenvalue weighted by molar-refractivity contribution is 7.89. The Labute approximate surface area is 129 Å². The van der Waals surface area contributed by atoms with Crippen molar-refractivity contribution >= 4 is 21.7 Å². The van der Waals surface area contributed by atoms with Crippen LogP contribution in [0.3, 0.4) is 0 Å². The van der Waals surface area contributed by atoms with Crippen molar-refractivity contribution in [1.82, 2.24) is 4.72 Å². The number of hydrogen-bond donors (Lipinski definition) is 2. The Hall–Kier alpha value is -1.67. The molecule has 0 aliphatic heterocycles. The van der Waals surface area contributed by atoms with Crippen molar-refractivity contribution in [3.8, 4) is 0 Å². The van der Waals surface area contributed by atoms with Gasteiger partial charge in [0.15, 0.2) is 0 Å². The van der Waals surface area contributed by atoms with Gasteiger partial charge in [-0.3, -0.25) is 4.79 Å². The summed E-state index contributed by atoms with van der Waals surface area (Å²) in [5.74, 6) is -1.06. The van der Waals surface area contributed by atoms with Crippen molar-refractivity contribution in [2.24, 2.45) is 5.92 Å². The van der Waals surface area contributed by atoms with E-state index < -0.39 is 15.8 Å². The van der Waals surface area contributed by atoms with Crippen LogP contribution >= 0.6 is 0 Å². The van der Waals surface area contributed by atoms with Gasteiger partial charge in [-0.15, -0.1) is 0 Å². The molecular formula is C14H19FN2O4S. The zero-order valence-electron chi connectivity index (χ0n) is 12.4. The minimum atomic E-state index is -3.67. The molecule has 0 bridgehead atoms. The van der Waals surface area contributed by atoms with Gasteiger partial charge in [-0.1, -0.05) is 0 Å². The predicted molar refractivity (Wildman–Crippen MR) is 79.4 cm³/mol. The highest BCUT2D eigenvalue weighted by atomic mass is 32.2. The van der Waals surface area contributed by atoms with Gasteiger partial charge in [0.25, 0.3) is 0 Å². The van der Waals surface area contributed by atoms with E-state index in [1.54, 1.807) is 0 Å². The number of nitrogens with one attached hydrogen (secondary N) is 2. The van der Waals surface area contributed by atoms with Gasteiger partial charge in [0.1, 0.15) is 5.82 Å². The van der Waals surface area contributed by atoms with Crippen LogP contribution in [0, 0.1) is 11.7 Å². The van der Waals surface area contributed by atoms with Gasteiger partial charge in [0.05, 0.1) is 23.6 Å². The fourth-order valence-corrected chi connectivity index (χ4v) is 3.35. The van der Waals surface area contributed by atoms with Crippen LogP contribution in [0.25, 0.3) is 0 Å². The van der Waals surface area contributed by atoms with Crippen molar-refractivity contribution in [2.75, 3.05) is 19.5 Å².